The molecule has 0 aliphatic rings. The van der Waals surface area contributed by atoms with Crippen LogP contribution in [0.4, 0.5) is 0 Å². The number of hydrogen-bond acceptors (Lipinski definition) is 5. The molecule has 2 N–H and O–H groups in total. The summed E-state index contributed by atoms with van der Waals surface area (Å²) in [7, 11) is 0. The van der Waals surface area contributed by atoms with Crippen molar-refractivity contribution < 1.29 is 52.5 Å². The summed E-state index contributed by atoms with van der Waals surface area (Å²) < 4.78 is 0. The summed E-state index contributed by atoms with van der Waals surface area (Å²) in [6, 6.07) is 4.66. The van der Waals surface area contributed by atoms with E-state index in [1.165, 1.54) is 37.3 Å². The molecule has 0 amide bonds. The predicted octanol–water partition coefficient (Wildman–Crippen LogP) is 0.263. The smallest absolute Gasteiger partial charge is 0.154 e. The Balaban J connectivity index is 0.00000324. The van der Waals surface area contributed by atoms with Gasteiger partial charge in [0.25, 0.3) is 0 Å². The minimum atomic E-state index is -1.31. The van der Waals surface area contributed by atoms with Gasteiger partial charge in [0.1, 0.15) is 5.75 Å². The van der Waals surface area contributed by atoms with Gasteiger partial charge >= 0.3 is 0 Å². The van der Waals surface area contributed by atoms with Crippen LogP contribution >= 0.6 is 0 Å². The number of carbonyl (C=O) groups excluding carboxylic acids is 2. The Kier molecular flexibility index (Phi) is 7.56. The van der Waals surface area contributed by atoms with Crippen molar-refractivity contribution in [2.75, 3.05) is 0 Å². The first-order valence-corrected chi connectivity index (χ1v) is 5.35. The third-order valence-corrected chi connectivity index (χ3v) is 2.25. The van der Waals surface area contributed by atoms with Crippen molar-refractivity contribution in [2.45, 2.75) is 19.9 Å². The van der Waals surface area contributed by atoms with Crippen LogP contribution in [0.2, 0.25) is 0 Å². The Morgan fingerprint density at radius 1 is 1.26 bits per heavy atom. The van der Waals surface area contributed by atoms with Gasteiger partial charge in [0, 0.05) is 38.4 Å². The van der Waals surface area contributed by atoms with Gasteiger partial charge in [-0.05, 0) is 37.6 Å². The van der Waals surface area contributed by atoms with E-state index in [1.807, 2.05) is 0 Å². The molecule has 1 unspecified atom stereocenters. The van der Waals surface area contributed by atoms with Crippen molar-refractivity contribution in [3.05, 3.63) is 41.6 Å². The number of benzene rings is 1. The summed E-state index contributed by atoms with van der Waals surface area (Å²) in [5, 5.41) is 22.9. The molecular weight excluding hydrogens is 323 g/mol. The van der Waals surface area contributed by atoms with Gasteiger partial charge in [0.2, 0.25) is 0 Å². The number of phenolic OH excluding ortho intramolecular Hbond substituents is 1. The molecule has 1 aromatic rings. The third-order valence-electron chi connectivity index (χ3n) is 2.25. The topological polar surface area (TPSA) is 89.5 Å². The van der Waals surface area contributed by atoms with Gasteiger partial charge in [-0.15, -0.1) is 0 Å². The maximum absolute atomic E-state index is 11.1. The SMILES string of the molecule is CC(=O)/C=C(\C)NC(C(=O)[O-])c1ccc(O)cc1.[Y]. The van der Waals surface area contributed by atoms with Crippen LogP contribution in [-0.2, 0) is 42.3 Å². The number of hydrogen-bond donors (Lipinski definition) is 2. The summed E-state index contributed by atoms with van der Waals surface area (Å²) in [5.74, 6) is -1.44. The zero-order valence-electron chi connectivity index (χ0n) is 10.7. The molecule has 0 heterocycles. The molecule has 99 valence electrons. The van der Waals surface area contributed by atoms with Gasteiger partial charge in [-0.2, -0.15) is 0 Å². The molecule has 0 aliphatic carbocycles. The Morgan fingerprint density at radius 2 is 1.79 bits per heavy atom. The molecule has 0 fully saturated rings. The van der Waals surface area contributed by atoms with Crippen molar-refractivity contribution in [2.24, 2.45) is 0 Å². The fourth-order valence-electron chi connectivity index (χ4n) is 1.52. The average Bonchev–Trinajstić information content (AvgIpc) is 2.26. The molecule has 0 saturated heterocycles. The minimum Gasteiger partial charge on any atom is -0.548 e. The molecule has 0 saturated carbocycles. The quantitative estimate of drug-likeness (QED) is 0.753. The number of allylic oxidation sites excluding steroid dienone is 2. The summed E-state index contributed by atoms with van der Waals surface area (Å²) in [4.78, 5) is 21.9. The number of aromatic hydroxyl groups is 1. The number of aliphatic carboxylic acids is 1. The summed E-state index contributed by atoms with van der Waals surface area (Å²) in [5.41, 5.74) is 0.869. The van der Waals surface area contributed by atoms with Crippen LogP contribution in [0.5, 0.6) is 5.75 Å². The van der Waals surface area contributed by atoms with Crippen molar-refractivity contribution >= 4 is 11.8 Å². The standard InChI is InChI=1S/C13H15NO4.Y/c1-8(7-9(2)15)14-12(13(17)18)10-3-5-11(16)6-4-10;/h3-7,12,14,16H,1-2H3,(H,17,18);/p-1/b8-7+;. The maximum atomic E-state index is 11.1. The van der Waals surface area contributed by atoms with E-state index in [0.29, 0.717) is 11.3 Å². The molecule has 0 spiro atoms. The fourth-order valence-corrected chi connectivity index (χ4v) is 1.52. The fraction of sp³-hybridized carbons (Fsp3) is 0.231. The van der Waals surface area contributed by atoms with E-state index in [9.17, 15) is 14.7 Å². The zero-order valence-corrected chi connectivity index (χ0v) is 13.6. The van der Waals surface area contributed by atoms with Gasteiger partial charge in [-0.25, -0.2) is 0 Å². The molecule has 6 heteroatoms. The largest absolute Gasteiger partial charge is 0.548 e. The van der Waals surface area contributed by atoms with Crippen LogP contribution < -0.4 is 10.4 Å². The van der Waals surface area contributed by atoms with Gasteiger partial charge in [0.05, 0.1) is 12.0 Å². The molecular formula is C13H14NO4Y-. The molecule has 1 radical (unpaired) electrons. The first-order valence-electron chi connectivity index (χ1n) is 5.35. The minimum absolute atomic E-state index is 0. The summed E-state index contributed by atoms with van der Waals surface area (Å²) >= 11 is 0. The number of carbonyl (C=O) groups is 2. The van der Waals surface area contributed by atoms with E-state index in [1.54, 1.807) is 6.92 Å². The Morgan fingerprint density at radius 3 is 2.21 bits per heavy atom. The molecule has 0 aromatic heterocycles. The van der Waals surface area contributed by atoms with E-state index in [0.717, 1.165) is 0 Å². The van der Waals surface area contributed by atoms with Gasteiger partial charge in [0.15, 0.2) is 5.78 Å². The van der Waals surface area contributed by atoms with Crippen molar-refractivity contribution in [1.29, 1.82) is 0 Å². The van der Waals surface area contributed by atoms with Crippen molar-refractivity contribution in [3.8, 4) is 5.75 Å². The van der Waals surface area contributed by atoms with Crippen LogP contribution in [0.3, 0.4) is 0 Å². The Bertz CT molecular complexity index is 482. The molecule has 1 atom stereocenters. The molecule has 1 aromatic carbocycles. The first kappa shape index (κ1) is 17.8. The second kappa shape index (κ2) is 8.07. The van der Waals surface area contributed by atoms with E-state index in [4.69, 9.17) is 5.11 Å². The number of phenols is 1. The number of rotatable bonds is 5. The monoisotopic (exact) mass is 337 g/mol. The Labute approximate surface area is 136 Å². The second-order valence-corrected chi connectivity index (χ2v) is 3.93. The number of nitrogens with one attached hydrogen (secondary N) is 1. The van der Waals surface area contributed by atoms with E-state index in [2.05, 4.69) is 5.32 Å². The van der Waals surface area contributed by atoms with E-state index in [-0.39, 0.29) is 44.2 Å². The molecule has 0 bridgehead atoms. The summed E-state index contributed by atoms with van der Waals surface area (Å²) in [6.45, 7) is 2.97. The van der Waals surface area contributed by atoms with Crippen LogP contribution in [0.1, 0.15) is 25.5 Å². The predicted molar refractivity (Wildman–Crippen MR) is 63.4 cm³/mol. The molecule has 19 heavy (non-hydrogen) atoms. The van der Waals surface area contributed by atoms with Crippen LogP contribution in [-0.4, -0.2) is 16.9 Å². The molecule has 1 rings (SSSR count). The van der Waals surface area contributed by atoms with Gasteiger partial charge in [-0.1, -0.05) is 12.1 Å². The van der Waals surface area contributed by atoms with Crippen LogP contribution in [0.15, 0.2) is 36.0 Å². The molecule has 0 aliphatic heterocycles. The number of ketones is 1. The van der Waals surface area contributed by atoms with Crippen LogP contribution in [0, 0.1) is 0 Å². The van der Waals surface area contributed by atoms with Gasteiger partial charge in [-0.3, -0.25) is 4.79 Å². The molecule has 5 nitrogen and oxygen atoms in total. The van der Waals surface area contributed by atoms with E-state index < -0.39 is 12.0 Å². The van der Waals surface area contributed by atoms with Gasteiger partial charge < -0.3 is 20.3 Å². The maximum Gasteiger partial charge on any atom is 0.154 e. The first-order chi connectivity index (χ1) is 8.40. The normalized spacial score (nSPS) is 12.2. The second-order valence-electron chi connectivity index (χ2n) is 3.93. The van der Waals surface area contributed by atoms with Crippen molar-refractivity contribution in [1.82, 2.24) is 5.32 Å². The zero-order chi connectivity index (χ0) is 13.7. The summed E-state index contributed by atoms with van der Waals surface area (Å²) in [6.07, 6.45) is 1.30. The van der Waals surface area contributed by atoms with Crippen LogP contribution in [0.25, 0.3) is 0 Å². The number of carboxylic acids is 1. The van der Waals surface area contributed by atoms with Crippen molar-refractivity contribution in [3.63, 3.8) is 0 Å². The average molecular weight is 337 g/mol. The number of carboxylic acid groups (broad SMARTS) is 1. The Hall–Kier alpha value is -1.20. The van der Waals surface area contributed by atoms with E-state index >= 15 is 0 Å². The third kappa shape index (κ3) is 5.99.